The lowest BCUT2D eigenvalue weighted by atomic mass is 9.47. The van der Waals surface area contributed by atoms with E-state index in [4.69, 9.17) is 23.7 Å². The van der Waals surface area contributed by atoms with Crippen molar-refractivity contribution in [2.75, 3.05) is 33.5 Å². The predicted molar refractivity (Wildman–Crippen MR) is 203 cm³/mol. The first kappa shape index (κ1) is 44.3. The molecule has 57 heavy (non-hydrogen) atoms. The maximum atomic E-state index is 14.1. The number of hydrogen-bond acceptors (Lipinski definition) is 11. The highest BCUT2D eigenvalue weighted by atomic mass is 16.6. The lowest BCUT2D eigenvalue weighted by Gasteiger charge is -2.58. The monoisotopic (exact) mass is 802 g/mol. The van der Waals surface area contributed by atoms with Crippen molar-refractivity contribution in [1.29, 1.82) is 0 Å². The number of methoxy groups -OCH3 is 1. The number of cyclic esters (lactones) is 2. The quantitative estimate of drug-likeness (QED) is 0.163. The first-order chi connectivity index (χ1) is 26.7. The molecule has 0 radical (unpaired) electrons. The van der Waals surface area contributed by atoms with Crippen LogP contribution in [0.1, 0.15) is 105 Å². The summed E-state index contributed by atoms with van der Waals surface area (Å²) in [5.41, 5.74) is -0.515. The molecule has 5 rings (SSSR count). The Morgan fingerprint density at radius 3 is 1.47 bits per heavy atom. The fourth-order valence-electron chi connectivity index (χ4n) is 12.0. The van der Waals surface area contributed by atoms with Gasteiger partial charge < -0.3 is 39.0 Å². The van der Waals surface area contributed by atoms with Gasteiger partial charge in [-0.05, 0) is 74.0 Å². The molecule has 5 aliphatic rings. The van der Waals surface area contributed by atoms with Gasteiger partial charge in [0, 0.05) is 22.7 Å². The minimum absolute atomic E-state index is 0.0629. The van der Waals surface area contributed by atoms with E-state index in [0.717, 1.165) is 43.9 Å². The second-order valence-corrected chi connectivity index (χ2v) is 18.6. The summed E-state index contributed by atoms with van der Waals surface area (Å²) in [6, 6.07) is 0. The molecule has 0 spiro atoms. The number of esters is 3. The molecule has 14 heteroatoms. The van der Waals surface area contributed by atoms with Crippen molar-refractivity contribution < 1.29 is 67.8 Å². The van der Waals surface area contributed by atoms with Crippen LogP contribution >= 0.6 is 0 Å². The van der Waals surface area contributed by atoms with Crippen LogP contribution in [-0.2, 0) is 52.5 Å². The van der Waals surface area contributed by atoms with E-state index in [1.807, 2.05) is 13.8 Å². The molecule has 1 aliphatic heterocycles. The van der Waals surface area contributed by atoms with Gasteiger partial charge in [0.2, 0.25) is 0 Å². The number of carboxylic acid groups (broad SMARTS) is 3. The van der Waals surface area contributed by atoms with Crippen LogP contribution in [0.5, 0.6) is 0 Å². The maximum absolute atomic E-state index is 14.1. The molecule has 0 aromatic carbocycles. The molecular formula is C43H62O14. The molecule has 4 aliphatic carbocycles. The van der Waals surface area contributed by atoms with Crippen LogP contribution in [0.2, 0.25) is 0 Å². The zero-order valence-electron chi connectivity index (χ0n) is 34.2. The van der Waals surface area contributed by atoms with Crippen LogP contribution < -0.4 is 0 Å². The molecule has 12 unspecified atom stereocenters. The van der Waals surface area contributed by atoms with E-state index in [1.54, 1.807) is 0 Å². The van der Waals surface area contributed by atoms with Gasteiger partial charge in [-0.3, -0.25) is 19.2 Å². The van der Waals surface area contributed by atoms with Crippen molar-refractivity contribution in [3.63, 3.8) is 0 Å². The topological polar surface area (TPSA) is 209 Å². The van der Waals surface area contributed by atoms with Crippen LogP contribution in [0, 0.1) is 57.2 Å². The van der Waals surface area contributed by atoms with Crippen molar-refractivity contribution in [2.24, 2.45) is 57.2 Å². The van der Waals surface area contributed by atoms with Gasteiger partial charge in [-0.25, -0.2) is 9.59 Å². The number of carbonyl (C=O) groups excluding carboxylic acids is 3. The third kappa shape index (κ3) is 8.82. The second-order valence-electron chi connectivity index (χ2n) is 18.6. The largest absolute Gasteiger partial charge is 0.481 e. The Labute approximate surface area is 335 Å². The summed E-state index contributed by atoms with van der Waals surface area (Å²) < 4.78 is 29.5. The molecule has 12 atom stereocenters. The molecule has 0 aromatic rings. The molecule has 4 saturated carbocycles. The van der Waals surface area contributed by atoms with Gasteiger partial charge in [0.1, 0.15) is 11.8 Å². The smallest absolute Gasteiger partial charge is 0.335 e. The molecule has 1 heterocycles. The van der Waals surface area contributed by atoms with Gasteiger partial charge in [-0.15, -0.1) is 0 Å². The Balaban J connectivity index is 1.58. The lowest BCUT2D eigenvalue weighted by molar-refractivity contribution is -0.185. The summed E-state index contributed by atoms with van der Waals surface area (Å²) >= 11 is 0. The fourth-order valence-corrected chi connectivity index (χ4v) is 12.0. The van der Waals surface area contributed by atoms with E-state index in [9.17, 15) is 44.1 Å². The average Bonchev–Trinajstić information content (AvgIpc) is 3.12. The molecule has 14 nitrogen and oxygen atoms in total. The van der Waals surface area contributed by atoms with Gasteiger partial charge in [-0.1, -0.05) is 64.8 Å². The van der Waals surface area contributed by atoms with Gasteiger partial charge in [-0.2, -0.15) is 0 Å². The van der Waals surface area contributed by atoms with Crippen LogP contribution in [0.25, 0.3) is 0 Å². The molecule has 5 fully saturated rings. The summed E-state index contributed by atoms with van der Waals surface area (Å²) in [6.45, 7) is 16.5. The number of carbonyl (C=O) groups is 6. The zero-order chi connectivity index (χ0) is 42.1. The summed E-state index contributed by atoms with van der Waals surface area (Å²) in [5.74, 6) is -10.8. The Morgan fingerprint density at radius 1 is 0.684 bits per heavy atom. The van der Waals surface area contributed by atoms with E-state index in [-0.39, 0.29) is 50.1 Å². The number of ether oxygens (including phenoxy) is 5. The van der Waals surface area contributed by atoms with Crippen molar-refractivity contribution in [2.45, 2.75) is 117 Å². The maximum Gasteiger partial charge on any atom is 0.335 e. The van der Waals surface area contributed by atoms with Crippen LogP contribution in [0.15, 0.2) is 24.3 Å². The number of aliphatic carboxylic acids is 3. The summed E-state index contributed by atoms with van der Waals surface area (Å²) in [7, 11) is 1.15. The number of rotatable bonds is 6. The van der Waals surface area contributed by atoms with Crippen molar-refractivity contribution >= 4 is 35.8 Å². The van der Waals surface area contributed by atoms with Gasteiger partial charge >= 0.3 is 35.8 Å². The highest BCUT2D eigenvalue weighted by Crippen LogP contribution is 2.62. The molecule has 0 aromatic heterocycles. The highest BCUT2D eigenvalue weighted by molar-refractivity contribution is 5.87. The third-order valence-electron chi connectivity index (χ3n) is 15.1. The van der Waals surface area contributed by atoms with Gasteiger partial charge in [0.15, 0.2) is 12.2 Å². The van der Waals surface area contributed by atoms with Crippen LogP contribution in [0.3, 0.4) is 0 Å². The minimum atomic E-state index is -1.79. The Bertz CT molecular complexity index is 1620. The van der Waals surface area contributed by atoms with Gasteiger partial charge in [0.25, 0.3) is 0 Å². The summed E-state index contributed by atoms with van der Waals surface area (Å²) in [6.07, 6.45) is 1.89. The average molecular weight is 803 g/mol. The van der Waals surface area contributed by atoms with Crippen molar-refractivity contribution in [3.8, 4) is 0 Å². The van der Waals surface area contributed by atoms with E-state index >= 15 is 0 Å². The Kier molecular flexibility index (Phi) is 13.4. The molecule has 1 saturated heterocycles. The first-order valence-electron chi connectivity index (χ1n) is 20.4. The zero-order valence-corrected chi connectivity index (χ0v) is 34.2. The SMILES string of the molecule is C=C1CCC2C3(C)CCCC2(C)C1COC(C(=O)OC)C(CC(=O)O)C(=O)OCC1(C)CCCC2(C)C(COC(C(=O)O)C(CC(=O)O)C(=O)OC3)C(=C)CCC12. The first-order valence-corrected chi connectivity index (χ1v) is 20.4. The standard InChI is InChI=1S/C43H62O14/c1-24-10-12-30-41(4)15-8-16-42(30,5)28(24)20-54-34(36(48)49)26(18-32(44)45)37(50)56-22-40(3)14-9-17-43(6)29(25(2)11-13-31(40)43)21-55-35(39(52)53-7)27(19-33(46)47)38(51)57-23-41/h26-31,34-35H,1-2,8-23H2,3-7H3,(H,44,45)(H,46,47)(H,48,49). The van der Waals surface area contributed by atoms with Crippen LogP contribution in [-0.4, -0.2) is 96.9 Å². The van der Waals surface area contributed by atoms with Crippen LogP contribution in [0.4, 0.5) is 0 Å². The fraction of sp³-hybridized carbons (Fsp3) is 0.767. The highest BCUT2D eigenvalue weighted by Gasteiger charge is 2.58. The third-order valence-corrected chi connectivity index (χ3v) is 15.1. The Hall–Kier alpha value is -3.78. The van der Waals surface area contributed by atoms with Crippen molar-refractivity contribution in [1.82, 2.24) is 0 Å². The summed E-state index contributed by atoms with van der Waals surface area (Å²) in [5, 5.41) is 30.3. The van der Waals surface area contributed by atoms with E-state index in [1.165, 1.54) is 0 Å². The number of hydrogen-bond donors (Lipinski definition) is 3. The molecule has 8 bridgehead atoms. The van der Waals surface area contributed by atoms with Gasteiger partial charge in [0.05, 0.1) is 46.4 Å². The normalized spacial score (nSPS) is 40.9. The minimum Gasteiger partial charge on any atom is -0.481 e. The lowest BCUT2D eigenvalue weighted by Crippen LogP contribution is -2.55. The van der Waals surface area contributed by atoms with Crippen molar-refractivity contribution in [3.05, 3.63) is 24.3 Å². The number of carboxylic acids is 3. The molecule has 318 valence electrons. The Morgan fingerprint density at radius 2 is 1.09 bits per heavy atom. The second kappa shape index (κ2) is 17.2. The molecule has 0 amide bonds. The van der Waals surface area contributed by atoms with E-state index in [0.29, 0.717) is 38.5 Å². The molecular weight excluding hydrogens is 740 g/mol. The molecule has 3 N–H and O–H groups in total. The summed E-state index contributed by atoms with van der Waals surface area (Å²) in [4.78, 5) is 78.6. The predicted octanol–water partition coefficient (Wildman–Crippen LogP) is 5.85. The van der Waals surface area contributed by atoms with E-state index < -0.39 is 94.4 Å². The van der Waals surface area contributed by atoms with E-state index in [2.05, 4.69) is 27.0 Å².